The Morgan fingerprint density at radius 1 is 1.25 bits per heavy atom. The first kappa shape index (κ1) is 10.0. The predicted molar refractivity (Wildman–Crippen MR) is 58.0 cm³/mol. The van der Waals surface area contributed by atoms with Gasteiger partial charge in [-0.15, -0.1) is 0 Å². The van der Waals surface area contributed by atoms with Crippen LogP contribution in [0.1, 0.15) is 20.8 Å². The quantitative estimate of drug-likeness (QED) is 0.467. The molecule has 0 aromatic rings. The number of nitrogens with zero attached hydrogens (tertiary/aromatic N) is 1. The molecule has 0 unspecified atom stereocenters. The number of rotatable bonds is 5. The average molecular weight is 183 g/mol. The molecule has 0 radical (unpaired) electrons. The molecule has 1 heterocycles. The molecular formula is C10H21NSi. The van der Waals surface area contributed by atoms with Crippen LogP contribution in [0.25, 0.3) is 0 Å². The van der Waals surface area contributed by atoms with E-state index in [4.69, 9.17) is 0 Å². The maximum absolute atomic E-state index is 2.58. The van der Waals surface area contributed by atoms with Crippen LogP contribution in [0, 0.1) is 0 Å². The van der Waals surface area contributed by atoms with Crippen LogP contribution in [0.3, 0.4) is 0 Å². The lowest BCUT2D eigenvalue weighted by Gasteiger charge is -2.25. The highest BCUT2D eigenvalue weighted by molar-refractivity contribution is 6.84. The molecule has 1 rings (SSSR count). The summed E-state index contributed by atoms with van der Waals surface area (Å²) in [5, 5.41) is 0. The van der Waals surface area contributed by atoms with Crippen LogP contribution in [-0.2, 0) is 0 Å². The summed E-state index contributed by atoms with van der Waals surface area (Å²) in [4.78, 5) is 2.58. The second-order valence-electron chi connectivity index (χ2n) is 3.85. The van der Waals surface area contributed by atoms with E-state index >= 15 is 0 Å². The van der Waals surface area contributed by atoms with Gasteiger partial charge in [0.05, 0.1) is 8.07 Å². The van der Waals surface area contributed by atoms with E-state index in [0.717, 1.165) is 0 Å². The Balaban J connectivity index is 2.53. The summed E-state index contributed by atoms with van der Waals surface area (Å²) >= 11 is 0. The van der Waals surface area contributed by atoms with E-state index in [1.807, 2.05) is 0 Å². The fourth-order valence-electron chi connectivity index (χ4n) is 1.79. The monoisotopic (exact) mass is 183 g/mol. The highest BCUT2D eigenvalue weighted by Crippen LogP contribution is 2.21. The van der Waals surface area contributed by atoms with Crippen LogP contribution in [0.5, 0.6) is 0 Å². The van der Waals surface area contributed by atoms with Gasteiger partial charge in [-0.25, -0.2) is 0 Å². The van der Waals surface area contributed by atoms with Gasteiger partial charge in [-0.2, -0.15) is 0 Å². The number of hydrogen-bond acceptors (Lipinski definition) is 1. The van der Waals surface area contributed by atoms with E-state index < -0.39 is 8.07 Å². The zero-order chi connectivity index (χ0) is 9.03. The molecule has 1 saturated heterocycles. The maximum atomic E-state index is 2.58. The van der Waals surface area contributed by atoms with Gasteiger partial charge in [-0.05, 0) is 13.1 Å². The maximum Gasteiger partial charge on any atom is 0.0912 e. The Kier molecular flexibility index (Phi) is 3.53. The van der Waals surface area contributed by atoms with Gasteiger partial charge in [0.25, 0.3) is 0 Å². The van der Waals surface area contributed by atoms with Crippen molar-refractivity contribution in [2.24, 2.45) is 0 Å². The summed E-state index contributed by atoms with van der Waals surface area (Å²) in [5.41, 5.74) is 2.53. The van der Waals surface area contributed by atoms with Crippen molar-refractivity contribution in [3.05, 3.63) is 11.8 Å². The molecule has 0 bridgehead atoms. The Morgan fingerprint density at radius 3 is 2.17 bits per heavy atom. The van der Waals surface area contributed by atoms with E-state index in [1.54, 1.807) is 0 Å². The standard InChI is InChI=1S/C10H21NSi/c1-4-9-12(5-2,6-3)10-11-7-8-11/h4,9H,5-8,10H2,1-3H3/b9-4-. The highest BCUT2D eigenvalue weighted by Gasteiger charge is 2.32. The zero-order valence-electron chi connectivity index (χ0n) is 8.64. The first-order valence-electron chi connectivity index (χ1n) is 5.12. The Hall–Kier alpha value is -0.0831. The number of hydrogen-bond donors (Lipinski definition) is 0. The summed E-state index contributed by atoms with van der Waals surface area (Å²) < 4.78 is 0. The van der Waals surface area contributed by atoms with Gasteiger partial charge in [-0.1, -0.05) is 37.7 Å². The molecular weight excluding hydrogens is 162 g/mol. The van der Waals surface area contributed by atoms with Gasteiger partial charge in [-0.3, -0.25) is 0 Å². The van der Waals surface area contributed by atoms with E-state index in [2.05, 4.69) is 37.4 Å². The third-order valence-electron chi connectivity index (χ3n) is 3.01. The summed E-state index contributed by atoms with van der Waals surface area (Å²) in [7, 11) is -0.999. The molecule has 0 aromatic carbocycles. The molecule has 1 nitrogen and oxygen atoms in total. The Morgan fingerprint density at radius 2 is 1.83 bits per heavy atom. The summed E-state index contributed by atoms with van der Waals surface area (Å²) in [6, 6.07) is 2.81. The molecule has 0 atom stereocenters. The van der Waals surface area contributed by atoms with Crippen LogP contribution in [0.15, 0.2) is 11.8 Å². The molecule has 2 heteroatoms. The SMILES string of the molecule is C/C=C\[Si](CC)(CC)CN1CC1. The Labute approximate surface area is 77.5 Å². The van der Waals surface area contributed by atoms with Crippen molar-refractivity contribution in [1.29, 1.82) is 0 Å². The fraction of sp³-hybridized carbons (Fsp3) is 0.800. The van der Waals surface area contributed by atoms with E-state index in [1.165, 1.54) is 31.3 Å². The summed E-state index contributed by atoms with van der Waals surface area (Å²) in [6.07, 6.45) is 3.67. The van der Waals surface area contributed by atoms with E-state index in [-0.39, 0.29) is 0 Å². The molecule has 1 aliphatic rings. The molecule has 0 aliphatic carbocycles. The van der Waals surface area contributed by atoms with Crippen molar-refractivity contribution in [2.75, 3.05) is 19.3 Å². The lowest BCUT2D eigenvalue weighted by atomic mass is 10.8. The van der Waals surface area contributed by atoms with Crippen LogP contribution in [-0.4, -0.2) is 32.2 Å². The fourth-order valence-corrected chi connectivity index (χ4v) is 5.23. The van der Waals surface area contributed by atoms with Crippen molar-refractivity contribution < 1.29 is 0 Å². The first-order valence-corrected chi connectivity index (χ1v) is 7.82. The van der Waals surface area contributed by atoms with Crippen molar-refractivity contribution in [2.45, 2.75) is 32.9 Å². The van der Waals surface area contributed by atoms with Crippen LogP contribution >= 0.6 is 0 Å². The van der Waals surface area contributed by atoms with Crippen LogP contribution in [0.4, 0.5) is 0 Å². The largest absolute Gasteiger partial charge is 0.303 e. The normalized spacial score (nSPS) is 18.9. The predicted octanol–water partition coefficient (Wildman–Crippen LogP) is 2.45. The van der Waals surface area contributed by atoms with Gasteiger partial charge < -0.3 is 4.90 Å². The lowest BCUT2D eigenvalue weighted by molar-refractivity contribution is 0.645. The highest BCUT2D eigenvalue weighted by atomic mass is 28.3. The van der Waals surface area contributed by atoms with Gasteiger partial charge in [0, 0.05) is 13.1 Å². The zero-order valence-corrected chi connectivity index (χ0v) is 9.64. The minimum atomic E-state index is -0.999. The average Bonchev–Trinajstić information content (AvgIpc) is 2.87. The molecule has 0 N–H and O–H groups in total. The summed E-state index contributed by atoms with van der Waals surface area (Å²) in [5.74, 6) is 0. The molecule has 0 spiro atoms. The smallest absolute Gasteiger partial charge is 0.0912 e. The van der Waals surface area contributed by atoms with Crippen molar-refractivity contribution in [3.63, 3.8) is 0 Å². The second-order valence-corrected chi connectivity index (χ2v) is 8.63. The molecule has 70 valence electrons. The second kappa shape index (κ2) is 4.24. The third kappa shape index (κ3) is 2.46. The van der Waals surface area contributed by atoms with Gasteiger partial charge in [0.2, 0.25) is 0 Å². The topological polar surface area (TPSA) is 3.01 Å². The van der Waals surface area contributed by atoms with Gasteiger partial charge >= 0.3 is 0 Å². The molecule has 12 heavy (non-hydrogen) atoms. The van der Waals surface area contributed by atoms with Crippen LogP contribution < -0.4 is 0 Å². The minimum absolute atomic E-state index is 0.999. The van der Waals surface area contributed by atoms with E-state index in [9.17, 15) is 0 Å². The van der Waals surface area contributed by atoms with Crippen molar-refractivity contribution in [3.8, 4) is 0 Å². The molecule has 1 fully saturated rings. The number of allylic oxidation sites excluding steroid dienone is 1. The third-order valence-corrected chi connectivity index (χ3v) is 7.94. The summed E-state index contributed by atoms with van der Waals surface area (Å²) in [6.45, 7) is 9.59. The van der Waals surface area contributed by atoms with E-state index in [0.29, 0.717) is 0 Å². The lowest BCUT2D eigenvalue weighted by Crippen LogP contribution is -2.39. The minimum Gasteiger partial charge on any atom is -0.303 e. The molecule has 0 amide bonds. The molecule has 0 aromatic heterocycles. The Bertz CT molecular complexity index is 157. The van der Waals surface area contributed by atoms with Crippen molar-refractivity contribution >= 4 is 8.07 Å². The van der Waals surface area contributed by atoms with Crippen LogP contribution in [0.2, 0.25) is 12.1 Å². The first-order chi connectivity index (χ1) is 5.76. The van der Waals surface area contributed by atoms with Crippen molar-refractivity contribution in [1.82, 2.24) is 4.90 Å². The molecule has 1 aliphatic heterocycles. The van der Waals surface area contributed by atoms with Gasteiger partial charge in [0.1, 0.15) is 0 Å². The molecule has 0 saturated carbocycles. The van der Waals surface area contributed by atoms with Gasteiger partial charge in [0.15, 0.2) is 0 Å².